The van der Waals surface area contributed by atoms with Gasteiger partial charge in [0.25, 0.3) is 0 Å². The number of carbonyl (C=O) groups excluding carboxylic acids is 1. The molecule has 3 aromatic rings. The van der Waals surface area contributed by atoms with Crippen LogP contribution < -0.4 is 10.2 Å². The number of amides is 1. The van der Waals surface area contributed by atoms with Gasteiger partial charge in [0, 0.05) is 44.1 Å². The number of nitrogens with one attached hydrogen (secondary N) is 1. The molecular weight excluding hydrogens is 408 g/mol. The van der Waals surface area contributed by atoms with E-state index in [1.165, 1.54) is 16.9 Å². The molecule has 0 unspecified atom stereocenters. The third kappa shape index (κ3) is 6.42. The van der Waals surface area contributed by atoms with Crippen molar-refractivity contribution in [2.45, 2.75) is 45.3 Å². The molecule has 2 aromatic carbocycles. The van der Waals surface area contributed by atoms with E-state index in [1.54, 1.807) is 0 Å². The van der Waals surface area contributed by atoms with E-state index < -0.39 is 0 Å². The highest BCUT2D eigenvalue weighted by Crippen LogP contribution is 2.23. The summed E-state index contributed by atoms with van der Waals surface area (Å²) in [6.45, 7) is 5.70. The number of rotatable bonds is 8. The van der Waals surface area contributed by atoms with Crippen molar-refractivity contribution in [1.29, 1.82) is 0 Å². The first-order valence-corrected chi connectivity index (χ1v) is 11.8. The molecule has 1 saturated heterocycles. The van der Waals surface area contributed by atoms with Crippen molar-refractivity contribution in [2.75, 3.05) is 25.0 Å². The number of piperidine rings is 1. The smallest absolute Gasteiger partial charge is 0.224 e. The number of aromatic nitrogens is 1. The molecule has 172 valence electrons. The number of aryl methyl sites for hydroxylation is 1. The molecule has 1 N–H and O–H groups in total. The van der Waals surface area contributed by atoms with E-state index in [4.69, 9.17) is 0 Å². The Labute approximate surface area is 197 Å². The fraction of sp³-hybridized carbons (Fsp3) is 0.357. The van der Waals surface area contributed by atoms with E-state index >= 15 is 0 Å². The molecule has 2 heterocycles. The quantitative estimate of drug-likeness (QED) is 0.564. The second-order valence-corrected chi connectivity index (χ2v) is 9.01. The predicted molar refractivity (Wildman–Crippen MR) is 134 cm³/mol. The van der Waals surface area contributed by atoms with Gasteiger partial charge in [0.05, 0.1) is 12.1 Å². The van der Waals surface area contributed by atoms with Crippen molar-refractivity contribution >= 4 is 11.6 Å². The molecule has 1 aliphatic heterocycles. The Morgan fingerprint density at radius 2 is 1.73 bits per heavy atom. The van der Waals surface area contributed by atoms with E-state index in [0.717, 1.165) is 43.6 Å². The summed E-state index contributed by atoms with van der Waals surface area (Å²) < 4.78 is 0. The average molecular weight is 443 g/mol. The average Bonchev–Trinajstić information content (AvgIpc) is 2.85. The summed E-state index contributed by atoms with van der Waals surface area (Å²) in [6.07, 6.45) is 4.58. The van der Waals surface area contributed by atoms with Crippen LogP contribution in [-0.2, 0) is 24.3 Å². The largest absolute Gasteiger partial charge is 0.371 e. The zero-order valence-electron chi connectivity index (χ0n) is 19.7. The van der Waals surface area contributed by atoms with Crippen molar-refractivity contribution in [3.8, 4) is 0 Å². The minimum Gasteiger partial charge on any atom is -0.371 e. The Kier molecular flexibility index (Phi) is 7.74. The third-order valence-corrected chi connectivity index (χ3v) is 6.60. The molecule has 5 nitrogen and oxygen atoms in total. The maximum atomic E-state index is 12.3. The number of benzene rings is 2. The highest BCUT2D eigenvalue weighted by atomic mass is 16.1. The number of anilines is 1. The van der Waals surface area contributed by atoms with Crippen LogP contribution in [0.4, 0.5) is 5.69 Å². The molecule has 1 aromatic heterocycles. The first-order valence-electron chi connectivity index (χ1n) is 11.8. The van der Waals surface area contributed by atoms with Gasteiger partial charge in [0.1, 0.15) is 0 Å². The van der Waals surface area contributed by atoms with Crippen molar-refractivity contribution in [3.05, 3.63) is 95.3 Å². The molecule has 1 amide bonds. The summed E-state index contributed by atoms with van der Waals surface area (Å²) in [4.78, 5) is 21.7. The van der Waals surface area contributed by atoms with Crippen LogP contribution in [-0.4, -0.2) is 42.0 Å². The molecule has 0 radical (unpaired) electrons. The van der Waals surface area contributed by atoms with Crippen LogP contribution in [0.5, 0.6) is 0 Å². The Hall–Kier alpha value is -3.18. The first-order chi connectivity index (χ1) is 16.1. The molecule has 0 atom stereocenters. The highest BCUT2D eigenvalue weighted by Gasteiger charge is 2.23. The van der Waals surface area contributed by atoms with Gasteiger partial charge in [-0.3, -0.25) is 14.7 Å². The van der Waals surface area contributed by atoms with Gasteiger partial charge in [-0.2, -0.15) is 0 Å². The van der Waals surface area contributed by atoms with Crippen molar-refractivity contribution in [1.82, 2.24) is 15.2 Å². The topological polar surface area (TPSA) is 48.5 Å². The molecule has 1 fully saturated rings. The van der Waals surface area contributed by atoms with Gasteiger partial charge in [-0.05, 0) is 61.7 Å². The lowest BCUT2D eigenvalue weighted by Gasteiger charge is -2.38. The van der Waals surface area contributed by atoms with Gasteiger partial charge >= 0.3 is 0 Å². The monoisotopic (exact) mass is 442 g/mol. The van der Waals surface area contributed by atoms with E-state index in [9.17, 15) is 4.79 Å². The van der Waals surface area contributed by atoms with Gasteiger partial charge < -0.3 is 10.2 Å². The zero-order valence-corrected chi connectivity index (χ0v) is 19.7. The SMILES string of the molecule is Cc1cccnc1CN(C)C1CCN(c2ccc(CC(=O)NCc3ccccc3)cc2)CC1. The summed E-state index contributed by atoms with van der Waals surface area (Å²) >= 11 is 0. The van der Waals surface area contributed by atoms with Crippen LogP contribution in [0.25, 0.3) is 0 Å². The fourth-order valence-electron chi connectivity index (χ4n) is 4.48. The van der Waals surface area contributed by atoms with Gasteiger partial charge in [-0.1, -0.05) is 48.5 Å². The summed E-state index contributed by atoms with van der Waals surface area (Å²) in [7, 11) is 2.21. The second kappa shape index (κ2) is 11.1. The molecule has 0 bridgehead atoms. The summed E-state index contributed by atoms with van der Waals surface area (Å²) in [5.41, 5.74) is 5.83. The molecule has 0 aliphatic carbocycles. The van der Waals surface area contributed by atoms with E-state index in [2.05, 4.69) is 64.4 Å². The van der Waals surface area contributed by atoms with Gasteiger partial charge in [-0.15, -0.1) is 0 Å². The Morgan fingerprint density at radius 1 is 1.00 bits per heavy atom. The molecule has 4 rings (SSSR count). The van der Waals surface area contributed by atoms with Gasteiger partial charge in [-0.25, -0.2) is 0 Å². The first kappa shape index (κ1) is 23.0. The lowest BCUT2D eigenvalue weighted by atomic mass is 10.0. The van der Waals surface area contributed by atoms with Crippen LogP contribution in [0.2, 0.25) is 0 Å². The summed E-state index contributed by atoms with van der Waals surface area (Å²) in [5.74, 6) is 0.0543. The number of hydrogen-bond acceptors (Lipinski definition) is 4. The fourth-order valence-corrected chi connectivity index (χ4v) is 4.48. The Morgan fingerprint density at radius 3 is 2.42 bits per heavy atom. The van der Waals surface area contributed by atoms with Crippen LogP contribution >= 0.6 is 0 Å². The Balaban J connectivity index is 1.23. The molecule has 5 heteroatoms. The van der Waals surface area contributed by atoms with Crippen molar-refractivity contribution < 1.29 is 4.79 Å². The van der Waals surface area contributed by atoms with Crippen molar-refractivity contribution in [2.24, 2.45) is 0 Å². The van der Waals surface area contributed by atoms with Crippen LogP contribution in [0.15, 0.2) is 72.9 Å². The molecule has 1 aliphatic rings. The third-order valence-electron chi connectivity index (χ3n) is 6.60. The van der Waals surface area contributed by atoms with Crippen LogP contribution in [0.3, 0.4) is 0 Å². The minimum absolute atomic E-state index is 0.0543. The normalized spacial score (nSPS) is 14.5. The summed E-state index contributed by atoms with van der Waals surface area (Å²) in [5, 5.41) is 3.00. The molecule has 33 heavy (non-hydrogen) atoms. The van der Waals surface area contributed by atoms with Crippen LogP contribution in [0, 0.1) is 6.92 Å². The van der Waals surface area contributed by atoms with E-state index in [1.807, 2.05) is 42.6 Å². The minimum atomic E-state index is 0.0543. The second-order valence-electron chi connectivity index (χ2n) is 9.01. The number of carbonyl (C=O) groups is 1. The zero-order chi connectivity index (χ0) is 23.0. The lowest BCUT2D eigenvalue weighted by Crippen LogP contribution is -2.43. The molecule has 0 saturated carbocycles. The maximum absolute atomic E-state index is 12.3. The predicted octanol–water partition coefficient (Wildman–Crippen LogP) is 4.35. The Bertz CT molecular complexity index is 1030. The van der Waals surface area contributed by atoms with E-state index in [-0.39, 0.29) is 5.91 Å². The summed E-state index contributed by atoms with van der Waals surface area (Å²) in [6, 6.07) is 23.2. The van der Waals surface area contributed by atoms with E-state index in [0.29, 0.717) is 19.0 Å². The number of nitrogens with zero attached hydrogens (tertiary/aromatic N) is 3. The highest BCUT2D eigenvalue weighted by molar-refractivity contribution is 5.78. The lowest BCUT2D eigenvalue weighted by molar-refractivity contribution is -0.120. The number of pyridine rings is 1. The van der Waals surface area contributed by atoms with Gasteiger partial charge in [0.2, 0.25) is 5.91 Å². The maximum Gasteiger partial charge on any atom is 0.224 e. The molecular formula is C28H34N4O. The number of hydrogen-bond donors (Lipinski definition) is 1. The van der Waals surface area contributed by atoms with Gasteiger partial charge in [0.15, 0.2) is 0 Å². The molecule has 0 spiro atoms. The van der Waals surface area contributed by atoms with Crippen molar-refractivity contribution in [3.63, 3.8) is 0 Å². The standard InChI is InChI=1S/C28H34N4O/c1-22-7-6-16-29-27(22)21-31(2)25-14-17-32(18-15-25)26-12-10-23(11-13-26)19-28(33)30-20-24-8-4-3-5-9-24/h3-13,16,25H,14-15,17-21H2,1-2H3,(H,30,33). The van der Waals surface area contributed by atoms with Crippen LogP contribution in [0.1, 0.15) is 35.2 Å².